The molecule has 1 aliphatic heterocycles. The van der Waals surface area contributed by atoms with Crippen LogP contribution in [0, 0.1) is 0 Å². The Morgan fingerprint density at radius 1 is 1.23 bits per heavy atom. The maximum atomic E-state index is 12.4. The average molecular weight is 404 g/mol. The van der Waals surface area contributed by atoms with Crippen molar-refractivity contribution in [1.29, 1.82) is 0 Å². The van der Waals surface area contributed by atoms with Gasteiger partial charge in [-0.2, -0.15) is 4.31 Å². The van der Waals surface area contributed by atoms with Crippen molar-refractivity contribution in [3.8, 4) is 0 Å². The third kappa shape index (κ3) is 6.23. The first-order chi connectivity index (χ1) is 12.0. The lowest BCUT2D eigenvalue weighted by molar-refractivity contribution is -0.121. The van der Waals surface area contributed by atoms with E-state index in [1.165, 1.54) is 4.31 Å². The summed E-state index contributed by atoms with van der Waals surface area (Å²) in [5.41, 5.74) is 0.968. The van der Waals surface area contributed by atoms with Crippen molar-refractivity contribution in [2.45, 2.75) is 50.5 Å². The Balaban J connectivity index is 0.00000338. The van der Waals surface area contributed by atoms with E-state index < -0.39 is 10.0 Å². The number of rotatable bonds is 8. The SMILES string of the molecule is CCN(CC)S(=O)(=O)c1ccc(CCC(=O)NC2CCCNC2)cc1.Cl. The molecule has 1 saturated heterocycles. The molecule has 148 valence electrons. The number of aryl methyl sites for hydroxylation is 1. The molecule has 1 aliphatic rings. The van der Waals surface area contributed by atoms with Crippen LogP contribution in [0.25, 0.3) is 0 Å². The number of carbonyl (C=O) groups excluding carboxylic acids is 1. The Hall–Kier alpha value is -1.15. The number of benzene rings is 1. The van der Waals surface area contributed by atoms with Crippen molar-refractivity contribution in [1.82, 2.24) is 14.9 Å². The molecule has 0 bridgehead atoms. The van der Waals surface area contributed by atoms with E-state index >= 15 is 0 Å². The Morgan fingerprint density at radius 2 is 1.88 bits per heavy atom. The Kier molecular flexibility index (Phi) is 9.57. The highest BCUT2D eigenvalue weighted by Gasteiger charge is 2.21. The van der Waals surface area contributed by atoms with E-state index in [4.69, 9.17) is 0 Å². The first kappa shape index (κ1) is 22.9. The van der Waals surface area contributed by atoms with Crippen molar-refractivity contribution >= 4 is 28.3 Å². The maximum absolute atomic E-state index is 12.4. The van der Waals surface area contributed by atoms with Crippen molar-refractivity contribution < 1.29 is 13.2 Å². The number of hydrogen-bond donors (Lipinski definition) is 2. The molecule has 1 aromatic carbocycles. The molecule has 6 nitrogen and oxygen atoms in total. The quantitative estimate of drug-likeness (QED) is 0.695. The monoisotopic (exact) mass is 403 g/mol. The van der Waals surface area contributed by atoms with Gasteiger partial charge in [-0.15, -0.1) is 12.4 Å². The van der Waals surface area contributed by atoms with E-state index in [1.54, 1.807) is 24.3 Å². The summed E-state index contributed by atoms with van der Waals surface area (Å²) in [6, 6.07) is 7.08. The van der Waals surface area contributed by atoms with Crippen molar-refractivity contribution in [2.75, 3.05) is 26.2 Å². The number of carbonyl (C=O) groups is 1. The average Bonchev–Trinajstić information content (AvgIpc) is 2.62. The number of piperidine rings is 1. The lowest BCUT2D eigenvalue weighted by atomic mass is 10.1. The van der Waals surface area contributed by atoms with E-state index in [0.717, 1.165) is 31.5 Å². The standard InChI is InChI=1S/C18H29N3O3S.ClH/c1-3-21(4-2)25(23,24)17-10-7-15(8-11-17)9-12-18(22)20-16-6-5-13-19-14-16;/h7-8,10-11,16,19H,3-6,9,12-14H2,1-2H3,(H,20,22);1H. The van der Waals surface area contributed by atoms with Gasteiger partial charge in [-0.25, -0.2) is 8.42 Å². The first-order valence-electron chi connectivity index (χ1n) is 9.06. The molecule has 2 N–H and O–H groups in total. The molecule has 0 aromatic heterocycles. The van der Waals surface area contributed by atoms with E-state index in [9.17, 15) is 13.2 Å². The summed E-state index contributed by atoms with van der Waals surface area (Å²) < 4.78 is 26.3. The highest BCUT2D eigenvalue weighted by atomic mass is 35.5. The second kappa shape index (κ2) is 10.9. The molecule has 1 unspecified atom stereocenters. The fourth-order valence-corrected chi connectivity index (χ4v) is 4.53. The molecule has 0 spiro atoms. The number of sulfonamides is 1. The van der Waals surface area contributed by atoms with Gasteiger partial charge in [0.1, 0.15) is 0 Å². The van der Waals surface area contributed by atoms with Crippen LogP contribution >= 0.6 is 12.4 Å². The topological polar surface area (TPSA) is 78.5 Å². The van der Waals surface area contributed by atoms with Gasteiger partial charge in [0.25, 0.3) is 0 Å². The summed E-state index contributed by atoms with van der Waals surface area (Å²) in [4.78, 5) is 12.3. The van der Waals surface area contributed by atoms with E-state index in [-0.39, 0.29) is 24.4 Å². The lowest BCUT2D eigenvalue weighted by Gasteiger charge is -2.23. The van der Waals surface area contributed by atoms with E-state index in [2.05, 4.69) is 10.6 Å². The number of nitrogens with zero attached hydrogens (tertiary/aromatic N) is 1. The van der Waals surface area contributed by atoms with Crippen LogP contribution in [0.5, 0.6) is 0 Å². The van der Waals surface area contributed by atoms with Crippen molar-refractivity contribution in [2.24, 2.45) is 0 Å². The van der Waals surface area contributed by atoms with Gasteiger partial charge in [-0.1, -0.05) is 26.0 Å². The van der Waals surface area contributed by atoms with Gasteiger partial charge in [-0.3, -0.25) is 4.79 Å². The molecule has 1 fully saturated rings. The van der Waals surface area contributed by atoms with Crippen LogP contribution in [0.2, 0.25) is 0 Å². The largest absolute Gasteiger partial charge is 0.352 e. The zero-order chi connectivity index (χ0) is 18.3. The minimum Gasteiger partial charge on any atom is -0.352 e. The number of halogens is 1. The lowest BCUT2D eigenvalue weighted by Crippen LogP contribution is -2.45. The molecule has 0 saturated carbocycles. The molecule has 26 heavy (non-hydrogen) atoms. The van der Waals surface area contributed by atoms with E-state index in [0.29, 0.717) is 30.8 Å². The highest BCUT2D eigenvalue weighted by Crippen LogP contribution is 2.17. The zero-order valence-electron chi connectivity index (χ0n) is 15.5. The maximum Gasteiger partial charge on any atom is 0.243 e. The minimum atomic E-state index is -3.42. The summed E-state index contributed by atoms with van der Waals surface area (Å²) >= 11 is 0. The highest BCUT2D eigenvalue weighted by molar-refractivity contribution is 7.89. The Labute approximate surface area is 163 Å². The minimum absolute atomic E-state index is 0. The molecule has 1 atom stereocenters. The Morgan fingerprint density at radius 3 is 2.42 bits per heavy atom. The van der Waals surface area contributed by atoms with Gasteiger partial charge < -0.3 is 10.6 Å². The summed E-state index contributed by atoms with van der Waals surface area (Å²) in [5, 5.41) is 6.33. The molecule has 2 rings (SSSR count). The summed E-state index contributed by atoms with van der Waals surface area (Å²) in [5.74, 6) is 0.0496. The molecule has 8 heteroatoms. The second-order valence-electron chi connectivity index (χ2n) is 6.34. The number of hydrogen-bond acceptors (Lipinski definition) is 4. The van der Waals surface area contributed by atoms with Gasteiger partial charge in [0.15, 0.2) is 0 Å². The van der Waals surface area contributed by atoms with Crippen LogP contribution in [0.1, 0.15) is 38.7 Å². The second-order valence-corrected chi connectivity index (χ2v) is 8.28. The third-order valence-corrected chi connectivity index (χ3v) is 6.63. The third-order valence-electron chi connectivity index (χ3n) is 4.57. The molecular formula is C18H30ClN3O3S. The van der Waals surface area contributed by atoms with Crippen molar-refractivity contribution in [3.63, 3.8) is 0 Å². The van der Waals surface area contributed by atoms with Gasteiger partial charge in [-0.05, 0) is 43.5 Å². The Bertz CT molecular complexity index is 655. The van der Waals surface area contributed by atoms with Crippen molar-refractivity contribution in [3.05, 3.63) is 29.8 Å². The molecule has 0 aliphatic carbocycles. The van der Waals surface area contributed by atoms with Crippen LogP contribution in [0.4, 0.5) is 0 Å². The fourth-order valence-electron chi connectivity index (χ4n) is 3.07. The van der Waals surface area contributed by atoms with Crippen LogP contribution in [0.15, 0.2) is 29.2 Å². The predicted molar refractivity (Wildman–Crippen MR) is 106 cm³/mol. The first-order valence-corrected chi connectivity index (χ1v) is 10.5. The van der Waals surface area contributed by atoms with Crippen LogP contribution in [0.3, 0.4) is 0 Å². The van der Waals surface area contributed by atoms with Gasteiger partial charge in [0.05, 0.1) is 4.90 Å². The van der Waals surface area contributed by atoms with Crippen LogP contribution in [-0.4, -0.2) is 50.9 Å². The molecule has 1 aromatic rings. The van der Waals surface area contributed by atoms with Crippen LogP contribution < -0.4 is 10.6 Å². The fraction of sp³-hybridized carbons (Fsp3) is 0.611. The summed E-state index contributed by atoms with van der Waals surface area (Å²) in [7, 11) is -3.42. The number of nitrogens with one attached hydrogen (secondary N) is 2. The zero-order valence-corrected chi connectivity index (χ0v) is 17.2. The normalized spacial score (nSPS) is 17.6. The number of amides is 1. The molecule has 0 radical (unpaired) electrons. The van der Waals surface area contributed by atoms with Gasteiger partial charge >= 0.3 is 0 Å². The van der Waals surface area contributed by atoms with Crippen LogP contribution in [-0.2, 0) is 21.2 Å². The summed E-state index contributed by atoms with van der Waals surface area (Å²) in [6.45, 7) is 6.43. The van der Waals surface area contributed by atoms with Gasteiger partial charge in [0.2, 0.25) is 15.9 Å². The molecular weight excluding hydrogens is 374 g/mol. The van der Waals surface area contributed by atoms with E-state index in [1.807, 2.05) is 13.8 Å². The smallest absolute Gasteiger partial charge is 0.243 e. The molecule has 1 heterocycles. The predicted octanol–water partition coefficient (Wildman–Crippen LogP) is 1.94. The molecule has 1 amide bonds. The van der Waals surface area contributed by atoms with Gasteiger partial charge in [0, 0.05) is 32.1 Å². The summed E-state index contributed by atoms with van der Waals surface area (Å²) in [6.07, 6.45) is 3.14.